The highest BCUT2D eigenvalue weighted by Crippen LogP contribution is 2.49. The summed E-state index contributed by atoms with van der Waals surface area (Å²) in [5.74, 6) is -0.750. The predicted molar refractivity (Wildman–Crippen MR) is 109 cm³/mol. The largest absolute Gasteiger partial charge is 0.480 e. The summed E-state index contributed by atoms with van der Waals surface area (Å²) < 4.78 is -0.903. The van der Waals surface area contributed by atoms with Crippen molar-refractivity contribution in [2.75, 3.05) is 0 Å². The van der Waals surface area contributed by atoms with E-state index in [2.05, 4.69) is 6.92 Å². The van der Waals surface area contributed by atoms with Gasteiger partial charge in [-0.15, -0.1) is 0 Å². The summed E-state index contributed by atoms with van der Waals surface area (Å²) in [5.41, 5.74) is 2.37. The van der Waals surface area contributed by atoms with E-state index in [-0.39, 0.29) is 0 Å². The van der Waals surface area contributed by atoms with Crippen LogP contribution in [0, 0.1) is 13.8 Å². The second-order valence-corrected chi connectivity index (χ2v) is 9.35. The van der Waals surface area contributed by atoms with Gasteiger partial charge in [0.15, 0.2) is 4.08 Å². The normalized spacial score (nSPS) is 11.5. The summed E-state index contributed by atoms with van der Waals surface area (Å²) in [6.45, 7) is 6.23. The molecule has 0 heterocycles. The van der Waals surface area contributed by atoms with E-state index >= 15 is 0 Å². The molecule has 0 aromatic heterocycles. The molecule has 25 heavy (non-hydrogen) atoms. The van der Waals surface area contributed by atoms with Crippen LogP contribution < -0.4 is 0 Å². The van der Waals surface area contributed by atoms with E-state index < -0.39 is 10.0 Å². The van der Waals surface area contributed by atoms with E-state index in [9.17, 15) is 9.90 Å². The van der Waals surface area contributed by atoms with E-state index in [1.165, 1.54) is 34.7 Å². The van der Waals surface area contributed by atoms with Gasteiger partial charge in [-0.2, -0.15) is 0 Å². The molecule has 0 bridgehead atoms. The Labute approximate surface area is 159 Å². The lowest BCUT2D eigenvalue weighted by atomic mass is 10.1. The molecule has 2 rings (SSSR count). The highest BCUT2D eigenvalue weighted by atomic mass is 32.2. The number of aryl methyl sites for hydroxylation is 2. The Morgan fingerprint density at radius 1 is 0.880 bits per heavy atom. The van der Waals surface area contributed by atoms with Crippen molar-refractivity contribution in [1.82, 2.24) is 0 Å². The van der Waals surface area contributed by atoms with Gasteiger partial charge >= 0.3 is 5.97 Å². The maximum atomic E-state index is 12.3. The molecule has 0 fully saturated rings. The number of rotatable bonds is 9. The molecule has 0 aliphatic rings. The molecular formula is C21H26O2S2. The zero-order valence-corrected chi connectivity index (χ0v) is 16.8. The molecule has 2 aromatic rings. The Balaban J connectivity index is 2.30. The molecule has 2 aromatic carbocycles. The summed E-state index contributed by atoms with van der Waals surface area (Å²) in [4.78, 5) is 14.3. The Bertz CT molecular complexity index is 631. The van der Waals surface area contributed by atoms with Gasteiger partial charge in [0.25, 0.3) is 0 Å². The number of unbranched alkanes of at least 4 members (excludes halogenated alkanes) is 2. The van der Waals surface area contributed by atoms with Gasteiger partial charge < -0.3 is 5.11 Å². The van der Waals surface area contributed by atoms with Gasteiger partial charge in [0.2, 0.25) is 0 Å². The van der Waals surface area contributed by atoms with Crippen LogP contribution in [0.1, 0.15) is 43.7 Å². The van der Waals surface area contributed by atoms with Crippen LogP contribution in [0.15, 0.2) is 58.3 Å². The zero-order chi connectivity index (χ0) is 18.3. The first kappa shape index (κ1) is 19.9. The second-order valence-electron chi connectivity index (χ2n) is 6.35. The summed E-state index contributed by atoms with van der Waals surface area (Å²) in [6.07, 6.45) is 3.70. The van der Waals surface area contributed by atoms with Gasteiger partial charge in [-0.1, -0.05) is 85.1 Å². The fraction of sp³-hybridized carbons (Fsp3) is 0.381. The minimum Gasteiger partial charge on any atom is -0.480 e. The minimum absolute atomic E-state index is 0.646. The van der Waals surface area contributed by atoms with Crippen molar-refractivity contribution in [1.29, 1.82) is 0 Å². The SMILES string of the molecule is CCCCCC(Sc1ccc(C)cc1)(Sc1ccc(C)cc1)C(=O)O. The predicted octanol–water partition coefficient (Wildman–Crippen LogP) is 6.55. The summed E-state index contributed by atoms with van der Waals surface area (Å²) in [5, 5.41) is 10.1. The zero-order valence-electron chi connectivity index (χ0n) is 15.1. The topological polar surface area (TPSA) is 37.3 Å². The maximum Gasteiger partial charge on any atom is 0.330 e. The molecule has 2 nitrogen and oxygen atoms in total. The average molecular weight is 375 g/mol. The van der Waals surface area contributed by atoms with Crippen LogP contribution in [0.3, 0.4) is 0 Å². The number of benzene rings is 2. The quantitative estimate of drug-likeness (QED) is 0.307. The number of carbonyl (C=O) groups is 1. The Hall–Kier alpha value is -1.39. The van der Waals surface area contributed by atoms with Crippen molar-refractivity contribution >= 4 is 29.5 Å². The molecule has 0 saturated heterocycles. The number of thioether (sulfide) groups is 2. The molecule has 4 heteroatoms. The van der Waals surface area contributed by atoms with Gasteiger partial charge in [0.05, 0.1) is 0 Å². The molecular weight excluding hydrogens is 348 g/mol. The minimum atomic E-state index is -0.903. The van der Waals surface area contributed by atoms with Crippen LogP contribution >= 0.6 is 23.5 Å². The first-order valence-electron chi connectivity index (χ1n) is 8.70. The number of carboxylic acid groups (broad SMARTS) is 1. The number of hydrogen-bond acceptors (Lipinski definition) is 3. The van der Waals surface area contributed by atoms with Gasteiger partial charge in [0.1, 0.15) is 0 Å². The van der Waals surface area contributed by atoms with Crippen LogP contribution in [-0.2, 0) is 4.79 Å². The first-order chi connectivity index (χ1) is 11.9. The van der Waals surface area contributed by atoms with Crippen LogP contribution in [0.5, 0.6) is 0 Å². The molecule has 0 aliphatic heterocycles. The maximum absolute atomic E-state index is 12.3. The molecule has 0 aliphatic carbocycles. The van der Waals surface area contributed by atoms with Gasteiger partial charge in [-0.05, 0) is 44.5 Å². The lowest BCUT2D eigenvalue weighted by Crippen LogP contribution is -2.31. The van der Waals surface area contributed by atoms with Crippen molar-refractivity contribution < 1.29 is 9.90 Å². The molecule has 0 unspecified atom stereocenters. The molecule has 134 valence electrons. The number of carboxylic acids is 1. The number of aliphatic carboxylic acids is 1. The molecule has 0 saturated carbocycles. The van der Waals surface area contributed by atoms with E-state index in [1.54, 1.807) is 0 Å². The third-order valence-corrected chi connectivity index (χ3v) is 6.98. The molecule has 0 spiro atoms. The van der Waals surface area contributed by atoms with E-state index in [1.807, 2.05) is 62.4 Å². The van der Waals surface area contributed by atoms with E-state index in [4.69, 9.17) is 0 Å². The monoisotopic (exact) mass is 374 g/mol. The fourth-order valence-corrected chi connectivity index (χ4v) is 5.24. The summed E-state index contributed by atoms with van der Waals surface area (Å²) >= 11 is 2.93. The molecule has 0 radical (unpaired) electrons. The second kappa shape index (κ2) is 9.35. The lowest BCUT2D eigenvalue weighted by Gasteiger charge is -2.28. The van der Waals surface area contributed by atoms with Crippen molar-refractivity contribution in [2.45, 2.75) is 60.3 Å². The fourth-order valence-electron chi connectivity index (χ4n) is 2.52. The standard InChI is InChI=1S/C21H26O2S2/c1-4-5-6-15-21(20(22)23,24-18-11-7-16(2)8-12-18)25-19-13-9-17(3)10-14-19/h7-14H,4-6,15H2,1-3H3,(H,22,23). The molecule has 0 atom stereocenters. The highest BCUT2D eigenvalue weighted by Gasteiger charge is 2.40. The summed E-state index contributed by atoms with van der Waals surface area (Å²) in [7, 11) is 0. The van der Waals surface area contributed by atoms with E-state index in [0.717, 1.165) is 29.1 Å². The average Bonchev–Trinajstić information content (AvgIpc) is 2.59. The smallest absolute Gasteiger partial charge is 0.330 e. The third-order valence-electron chi connectivity index (χ3n) is 4.04. The molecule has 1 N–H and O–H groups in total. The van der Waals surface area contributed by atoms with Crippen molar-refractivity contribution in [2.24, 2.45) is 0 Å². The van der Waals surface area contributed by atoms with Gasteiger partial charge in [-0.3, -0.25) is 0 Å². The van der Waals surface area contributed by atoms with Crippen molar-refractivity contribution in [3.8, 4) is 0 Å². The van der Waals surface area contributed by atoms with Crippen LogP contribution in [0.25, 0.3) is 0 Å². The van der Waals surface area contributed by atoms with Crippen LogP contribution in [0.4, 0.5) is 0 Å². The molecule has 0 amide bonds. The lowest BCUT2D eigenvalue weighted by molar-refractivity contribution is -0.137. The highest BCUT2D eigenvalue weighted by molar-refractivity contribution is 8.19. The Morgan fingerprint density at radius 2 is 1.32 bits per heavy atom. The Kier molecular flexibility index (Phi) is 7.45. The van der Waals surface area contributed by atoms with Crippen LogP contribution in [-0.4, -0.2) is 15.2 Å². The van der Waals surface area contributed by atoms with Crippen LogP contribution in [0.2, 0.25) is 0 Å². The number of hydrogen-bond donors (Lipinski definition) is 1. The van der Waals surface area contributed by atoms with Gasteiger partial charge in [0, 0.05) is 9.79 Å². The summed E-state index contributed by atoms with van der Waals surface area (Å²) in [6, 6.07) is 16.2. The third kappa shape index (κ3) is 5.82. The van der Waals surface area contributed by atoms with Gasteiger partial charge in [-0.25, -0.2) is 4.79 Å². The Morgan fingerprint density at radius 3 is 1.68 bits per heavy atom. The van der Waals surface area contributed by atoms with Crippen molar-refractivity contribution in [3.63, 3.8) is 0 Å². The first-order valence-corrected chi connectivity index (χ1v) is 10.3. The van der Waals surface area contributed by atoms with E-state index in [0.29, 0.717) is 6.42 Å². The van der Waals surface area contributed by atoms with Crippen molar-refractivity contribution in [3.05, 3.63) is 59.7 Å².